The summed E-state index contributed by atoms with van der Waals surface area (Å²) in [5.74, 6) is 2.71. The van der Waals surface area contributed by atoms with Gasteiger partial charge in [-0.2, -0.15) is 0 Å². The monoisotopic (exact) mass is 571 g/mol. The fourth-order valence-corrected chi connectivity index (χ4v) is 5.85. The van der Waals surface area contributed by atoms with Crippen LogP contribution in [0.4, 0.5) is 5.69 Å². The van der Waals surface area contributed by atoms with Crippen LogP contribution < -0.4 is 10.2 Å². The van der Waals surface area contributed by atoms with Crippen molar-refractivity contribution in [2.45, 2.75) is 35.9 Å². The van der Waals surface area contributed by atoms with Crippen LogP contribution in [0.15, 0.2) is 45.2 Å². The van der Waals surface area contributed by atoms with Gasteiger partial charge in [-0.15, -0.1) is 35.3 Å². The van der Waals surface area contributed by atoms with Crippen LogP contribution in [0.5, 0.6) is 0 Å². The van der Waals surface area contributed by atoms with Crippen molar-refractivity contribution < 1.29 is 4.79 Å². The number of thiazole rings is 1. The average Bonchev–Trinajstić information content (AvgIpc) is 3.50. The summed E-state index contributed by atoms with van der Waals surface area (Å²) < 4.78 is 1.13. The molecule has 2 aromatic rings. The molecule has 9 heteroatoms. The zero-order chi connectivity index (χ0) is 20.8. The predicted molar refractivity (Wildman–Crippen MR) is 141 cm³/mol. The maximum Gasteiger partial charge on any atom is 0.222 e. The van der Waals surface area contributed by atoms with Crippen molar-refractivity contribution in [3.05, 3.63) is 41.4 Å². The fourth-order valence-electron chi connectivity index (χ4n) is 4.20. The zero-order valence-electron chi connectivity index (χ0n) is 17.8. The quantitative estimate of drug-likeness (QED) is 0.167. The fraction of sp³-hybridized carbons (Fsp3) is 0.500. The highest BCUT2D eigenvalue weighted by molar-refractivity contribution is 14.0. The molecule has 1 unspecified atom stereocenters. The third kappa shape index (κ3) is 6.13. The Bertz CT molecular complexity index is 877. The minimum Gasteiger partial charge on any atom is -0.356 e. The van der Waals surface area contributed by atoms with E-state index in [2.05, 4.69) is 44.5 Å². The lowest BCUT2D eigenvalue weighted by molar-refractivity contribution is -0.127. The van der Waals surface area contributed by atoms with E-state index in [9.17, 15) is 4.79 Å². The van der Waals surface area contributed by atoms with Gasteiger partial charge in [0.2, 0.25) is 5.91 Å². The summed E-state index contributed by atoms with van der Waals surface area (Å²) in [7, 11) is 1.85. The Morgan fingerprint density at radius 3 is 3.00 bits per heavy atom. The number of aromatic nitrogens is 1. The maximum absolute atomic E-state index is 12.0. The van der Waals surface area contributed by atoms with Gasteiger partial charge in [0, 0.05) is 68.6 Å². The number of hydrogen-bond acceptors (Lipinski definition) is 5. The van der Waals surface area contributed by atoms with Crippen LogP contribution in [-0.2, 0) is 4.79 Å². The van der Waals surface area contributed by atoms with Crippen LogP contribution in [0.2, 0.25) is 0 Å². The molecule has 0 bridgehead atoms. The van der Waals surface area contributed by atoms with E-state index in [0.29, 0.717) is 18.2 Å². The summed E-state index contributed by atoms with van der Waals surface area (Å²) >= 11 is 3.50. The summed E-state index contributed by atoms with van der Waals surface area (Å²) in [5, 5.41) is 5.56. The Labute approximate surface area is 209 Å². The molecule has 1 fully saturated rings. The normalized spacial score (nSPS) is 18.3. The van der Waals surface area contributed by atoms with Crippen LogP contribution >= 0.6 is 47.1 Å². The first-order chi connectivity index (χ1) is 14.8. The van der Waals surface area contributed by atoms with Crippen molar-refractivity contribution in [3.8, 4) is 0 Å². The molecule has 0 radical (unpaired) electrons. The van der Waals surface area contributed by atoms with Gasteiger partial charge >= 0.3 is 0 Å². The van der Waals surface area contributed by atoms with Crippen LogP contribution in [0.1, 0.15) is 37.2 Å². The van der Waals surface area contributed by atoms with E-state index in [-0.39, 0.29) is 24.0 Å². The molecule has 1 atom stereocenters. The lowest BCUT2D eigenvalue weighted by Crippen LogP contribution is -2.41. The number of fused-ring (bicyclic) bond motifs is 1. The summed E-state index contributed by atoms with van der Waals surface area (Å²) in [6, 6.07) is 8.61. The van der Waals surface area contributed by atoms with Crippen molar-refractivity contribution in [2.75, 3.05) is 43.9 Å². The number of likely N-dealkylation sites (tertiary alicyclic amines) is 1. The van der Waals surface area contributed by atoms with Crippen LogP contribution in [0, 0.1) is 0 Å². The van der Waals surface area contributed by atoms with Gasteiger partial charge in [-0.25, -0.2) is 4.98 Å². The third-order valence-corrected chi connectivity index (χ3v) is 7.75. The first-order valence-electron chi connectivity index (χ1n) is 10.6. The maximum atomic E-state index is 12.0. The van der Waals surface area contributed by atoms with Crippen molar-refractivity contribution >= 4 is 64.6 Å². The van der Waals surface area contributed by atoms with Crippen molar-refractivity contribution in [1.82, 2.24) is 15.2 Å². The molecule has 0 aliphatic carbocycles. The zero-order valence-corrected chi connectivity index (χ0v) is 21.8. The van der Waals surface area contributed by atoms with E-state index in [4.69, 9.17) is 0 Å². The number of nitrogens with zero attached hydrogens (tertiary/aromatic N) is 4. The van der Waals surface area contributed by atoms with Crippen LogP contribution in [-0.4, -0.2) is 60.7 Å². The van der Waals surface area contributed by atoms with Gasteiger partial charge in [0.25, 0.3) is 0 Å². The molecule has 168 valence electrons. The minimum absolute atomic E-state index is 0. The summed E-state index contributed by atoms with van der Waals surface area (Å²) in [6.45, 7) is 3.57. The molecule has 1 aromatic carbocycles. The molecule has 31 heavy (non-hydrogen) atoms. The highest BCUT2D eigenvalue weighted by atomic mass is 127. The Kier molecular flexibility index (Phi) is 9.46. The van der Waals surface area contributed by atoms with Crippen LogP contribution in [0.3, 0.4) is 0 Å². The SMILES string of the molecule is CN=C(NCCCSc1nccs1)N1CC(CCN2CCCC2=O)c2ccccc21.I. The second-order valence-corrected chi connectivity index (χ2v) is 9.85. The number of anilines is 1. The lowest BCUT2D eigenvalue weighted by atomic mass is 9.98. The molecule has 1 saturated heterocycles. The Morgan fingerprint density at radius 2 is 2.26 bits per heavy atom. The summed E-state index contributed by atoms with van der Waals surface area (Å²) in [4.78, 5) is 25.2. The number of hydrogen-bond donors (Lipinski definition) is 1. The number of benzene rings is 1. The van der Waals surface area contributed by atoms with Gasteiger partial charge in [-0.3, -0.25) is 9.79 Å². The van der Waals surface area contributed by atoms with E-state index in [1.165, 1.54) is 11.3 Å². The molecule has 1 N–H and O–H groups in total. The number of guanidine groups is 1. The van der Waals surface area contributed by atoms with E-state index in [0.717, 1.165) is 61.5 Å². The lowest BCUT2D eigenvalue weighted by Gasteiger charge is -2.23. The van der Waals surface area contributed by atoms with E-state index in [1.807, 2.05) is 35.3 Å². The molecule has 0 spiro atoms. The number of para-hydroxylation sites is 1. The standard InChI is InChI=1S/C22H29N5OS2.HI/c1-23-21(24-10-5-14-29-22-25-11-15-30-22)27-16-17(18-6-2-3-7-19(18)27)9-13-26-12-4-8-20(26)28;/h2-3,6-7,11,15,17H,4-5,8-10,12-14,16H2,1H3,(H,23,24);1H. The highest BCUT2D eigenvalue weighted by Gasteiger charge is 2.31. The number of aliphatic imine (C=N–C) groups is 1. The second-order valence-electron chi connectivity index (χ2n) is 7.61. The number of nitrogens with one attached hydrogen (secondary N) is 1. The molecule has 1 aromatic heterocycles. The smallest absolute Gasteiger partial charge is 0.222 e. The molecule has 3 heterocycles. The van der Waals surface area contributed by atoms with Gasteiger partial charge < -0.3 is 15.1 Å². The summed E-state index contributed by atoms with van der Waals surface area (Å²) in [5.41, 5.74) is 2.60. The van der Waals surface area contributed by atoms with Crippen molar-refractivity contribution in [3.63, 3.8) is 0 Å². The highest BCUT2D eigenvalue weighted by Crippen LogP contribution is 2.38. The Morgan fingerprint density at radius 1 is 1.39 bits per heavy atom. The topological polar surface area (TPSA) is 60.8 Å². The molecule has 0 saturated carbocycles. The Balaban J connectivity index is 0.00000272. The Hall–Kier alpha value is -1.33. The van der Waals surface area contributed by atoms with Gasteiger partial charge in [0.05, 0.1) is 0 Å². The van der Waals surface area contributed by atoms with Gasteiger partial charge in [0.1, 0.15) is 4.34 Å². The van der Waals surface area contributed by atoms with E-state index < -0.39 is 0 Å². The predicted octanol–water partition coefficient (Wildman–Crippen LogP) is 4.44. The number of halogens is 1. The minimum atomic E-state index is 0. The molecule has 6 nitrogen and oxygen atoms in total. The molecule has 1 amide bonds. The van der Waals surface area contributed by atoms with Crippen LogP contribution in [0.25, 0.3) is 0 Å². The van der Waals surface area contributed by atoms with Crippen molar-refractivity contribution in [2.24, 2.45) is 4.99 Å². The first-order valence-corrected chi connectivity index (χ1v) is 12.5. The first kappa shape index (κ1) is 24.3. The number of rotatable bonds is 8. The molecule has 4 rings (SSSR count). The second kappa shape index (κ2) is 12.1. The third-order valence-electron chi connectivity index (χ3n) is 5.70. The number of carbonyl (C=O) groups is 1. The molecular weight excluding hydrogens is 541 g/mol. The van der Waals surface area contributed by atoms with Gasteiger partial charge in [-0.1, -0.05) is 30.0 Å². The van der Waals surface area contributed by atoms with Gasteiger partial charge in [-0.05, 0) is 30.9 Å². The molecule has 2 aliphatic heterocycles. The largest absolute Gasteiger partial charge is 0.356 e. The average molecular weight is 572 g/mol. The van der Waals surface area contributed by atoms with E-state index in [1.54, 1.807) is 11.3 Å². The molecule has 2 aliphatic rings. The summed E-state index contributed by atoms with van der Waals surface area (Å²) in [6.07, 6.45) is 5.63. The van der Waals surface area contributed by atoms with E-state index >= 15 is 0 Å². The van der Waals surface area contributed by atoms with Gasteiger partial charge in [0.15, 0.2) is 5.96 Å². The molecular formula is C22H30IN5OS2. The number of thioether (sulfide) groups is 1. The number of amides is 1. The van der Waals surface area contributed by atoms with Crippen molar-refractivity contribution in [1.29, 1.82) is 0 Å². The number of carbonyl (C=O) groups excluding carboxylic acids is 1.